The van der Waals surface area contributed by atoms with Gasteiger partial charge in [0.1, 0.15) is 23.1 Å². The molecule has 35 heavy (non-hydrogen) atoms. The molecule has 5 rings (SSSR count). The van der Waals surface area contributed by atoms with E-state index in [4.69, 9.17) is 9.72 Å². The summed E-state index contributed by atoms with van der Waals surface area (Å²) in [6.07, 6.45) is 1.71. The highest BCUT2D eigenvalue weighted by Gasteiger charge is 2.24. The summed E-state index contributed by atoms with van der Waals surface area (Å²) in [6, 6.07) is 21.9. The first kappa shape index (κ1) is 22.5. The van der Waals surface area contributed by atoms with Gasteiger partial charge in [-0.1, -0.05) is 18.2 Å². The number of ether oxygens (including phenoxy) is 1. The van der Waals surface area contributed by atoms with Crippen molar-refractivity contribution in [1.82, 2.24) is 14.9 Å². The van der Waals surface area contributed by atoms with Crippen molar-refractivity contribution in [2.24, 2.45) is 0 Å². The second-order valence-corrected chi connectivity index (χ2v) is 8.12. The molecule has 1 aromatic heterocycles. The van der Waals surface area contributed by atoms with Gasteiger partial charge in [-0.2, -0.15) is 0 Å². The van der Waals surface area contributed by atoms with Gasteiger partial charge in [0, 0.05) is 49.6 Å². The molecule has 1 fully saturated rings. The van der Waals surface area contributed by atoms with Crippen LogP contribution < -0.4 is 9.64 Å². The quantitative estimate of drug-likeness (QED) is 0.401. The number of benzene rings is 3. The van der Waals surface area contributed by atoms with Crippen LogP contribution >= 0.6 is 0 Å². The molecule has 176 valence electrons. The average Bonchev–Trinajstić information content (AvgIpc) is 2.89. The molecule has 0 spiro atoms. The van der Waals surface area contributed by atoms with Gasteiger partial charge >= 0.3 is 0 Å². The van der Waals surface area contributed by atoms with Crippen LogP contribution in [0, 0.1) is 11.6 Å². The Morgan fingerprint density at radius 1 is 0.800 bits per heavy atom. The molecular weight excluding hydrogens is 450 g/mol. The molecule has 1 aliphatic rings. The van der Waals surface area contributed by atoms with Gasteiger partial charge < -0.3 is 14.5 Å². The Kier molecular flexibility index (Phi) is 6.34. The first-order chi connectivity index (χ1) is 17.0. The van der Waals surface area contributed by atoms with E-state index < -0.39 is 17.5 Å². The minimum Gasteiger partial charge on any atom is -0.457 e. The van der Waals surface area contributed by atoms with Crippen molar-refractivity contribution in [3.63, 3.8) is 0 Å². The monoisotopic (exact) mass is 472 g/mol. The minimum absolute atomic E-state index is 0.00823. The molecule has 0 bridgehead atoms. The minimum atomic E-state index is -0.767. The molecule has 1 saturated heterocycles. The van der Waals surface area contributed by atoms with Gasteiger partial charge in [0.15, 0.2) is 0 Å². The van der Waals surface area contributed by atoms with Crippen LogP contribution in [-0.4, -0.2) is 47.0 Å². The summed E-state index contributed by atoms with van der Waals surface area (Å²) in [7, 11) is 0. The maximum absolute atomic E-state index is 13.5. The number of carbonyl (C=O) groups excluding carboxylic acids is 1. The van der Waals surface area contributed by atoms with Crippen molar-refractivity contribution in [2.45, 2.75) is 0 Å². The van der Waals surface area contributed by atoms with Gasteiger partial charge in [0.25, 0.3) is 5.91 Å². The van der Waals surface area contributed by atoms with E-state index in [-0.39, 0.29) is 5.56 Å². The third-order valence-electron chi connectivity index (χ3n) is 5.73. The number of hydrogen-bond acceptors (Lipinski definition) is 5. The third kappa shape index (κ3) is 5.27. The van der Waals surface area contributed by atoms with Crippen molar-refractivity contribution in [3.8, 4) is 22.8 Å². The summed E-state index contributed by atoms with van der Waals surface area (Å²) in [5, 5.41) is 0. The smallest absolute Gasteiger partial charge is 0.254 e. The van der Waals surface area contributed by atoms with E-state index in [1.54, 1.807) is 11.1 Å². The maximum atomic E-state index is 13.5. The van der Waals surface area contributed by atoms with E-state index in [1.807, 2.05) is 65.6 Å². The Labute approximate surface area is 201 Å². The molecule has 1 amide bonds. The summed E-state index contributed by atoms with van der Waals surface area (Å²) in [5.74, 6) is 0.137. The number of rotatable bonds is 5. The number of amides is 1. The molecule has 1 aliphatic heterocycles. The van der Waals surface area contributed by atoms with E-state index >= 15 is 0 Å². The lowest BCUT2D eigenvalue weighted by molar-refractivity contribution is 0.0745. The fourth-order valence-corrected chi connectivity index (χ4v) is 3.95. The summed E-state index contributed by atoms with van der Waals surface area (Å²) >= 11 is 0. The number of piperazine rings is 1. The lowest BCUT2D eigenvalue weighted by atomic mass is 10.1. The van der Waals surface area contributed by atoms with Crippen molar-refractivity contribution >= 4 is 11.9 Å². The predicted molar refractivity (Wildman–Crippen MR) is 128 cm³/mol. The number of anilines is 1. The Morgan fingerprint density at radius 2 is 1.46 bits per heavy atom. The Morgan fingerprint density at radius 3 is 2.14 bits per heavy atom. The summed E-state index contributed by atoms with van der Waals surface area (Å²) in [5.41, 5.74) is 1.71. The number of halogens is 2. The largest absolute Gasteiger partial charge is 0.457 e. The number of aromatic nitrogens is 2. The van der Waals surface area contributed by atoms with E-state index in [1.165, 1.54) is 0 Å². The molecule has 0 saturated carbocycles. The Balaban J connectivity index is 1.24. The zero-order chi connectivity index (χ0) is 24.2. The molecule has 0 atom stereocenters. The summed E-state index contributed by atoms with van der Waals surface area (Å²) in [6.45, 7) is 1.82. The molecule has 3 aromatic carbocycles. The van der Waals surface area contributed by atoms with Gasteiger partial charge in [0.05, 0.1) is 5.69 Å². The molecule has 0 radical (unpaired) electrons. The highest BCUT2D eigenvalue weighted by atomic mass is 19.1. The van der Waals surface area contributed by atoms with Crippen molar-refractivity contribution < 1.29 is 18.3 Å². The zero-order valence-electron chi connectivity index (χ0n) is 18.8. The fraction of sp³-hybridized carbons (Fsp3) is 0.148. The van der Waals surface area contributed by atoms with E-state index in [0.29, 0.717) is 32.1 Å². The van der Waals surface area contributed by atoms with Gasteiger partial charge in [0.2, 0.25) is 5.95 Å². The standard InChI is InChI=1S/C27H22F2N4O2/c28-21-16-20(17-22(29)18-21)26(34)32-12-14-33(15-13-32)27-30-11-10-25(31-27)19-6-8-24(9-7-19)35-23-4-2-1-3-5-23/h1-11,16-18H,12-15H2. The van der Waals surface area contributed by atoms with Crippen LogP contribution in [-0.2, 0) is 0 Å². The van der Waals surface area contributed by atoms with Crippen LogP contribution in [0.3, 0.4) is 0 Å². The number of para-hydroxylation sites is 1. The highest BCUT2D eigenvalue weighted by Crippen LogP contribution is 2.26. The third-order valence-corrected chi connectivity index (χ3v) is 5.73. The van der Waals surface area contributed by atoms with Gasteiger partial charge in [-0.3, -0.25) is 4.79 Å². The van der Waals surface area contributed by atoms with Crippen LogP contribution in [0.4, 0.5) is 14.7 Å². The molecule has 4 aromatic rings. The van der Waals surface area contributed by atoms with Gasteiger partial charge in [-0.15, -0.1) is 0 Å². The summed E-state index contributed by atoms with van der Waals surface area (Å²) in [4.78, 5) is 25.3. The molecule has 6 nitrogen and oxygen atoms in total. The average molecular weight is 472 g/mol. The van der Waals surface area contributed by atoms with Crippen LogP contribution in [0.5, 0.6) is 11.5 Å². The molecule has 0 aliphatic carbocycles. The normalized spacial score (nSPS) is 13.5. The van der Waals surface area contributed by atoms with Gasteiger partial charge in [-0.05, 0) is 54.6 Å². The Bertz CT molecular complexity index is 1300. The maximum Gasteiger partial charge on any atom is 0.254 e. The summed E-state index contributed by atoms with van der Waals surface area (Å²) < 4.78 is 32.8. The van der Waals surface area contributed by atoms with Crippen LogP contribution in [0.15, 0.2) is 85.1 Å². The van der Waals surface area contributed by atoms with E-state index in [0.717, 1.165) is 41.0 Å². The molecule has 2 heterocycles. The lowest BCUT2D eigenvalue weighted by Gasteiger charge is -2.34. The number of hydrogen-bond donors (Lipinski definition) is 0. The molecular formula is C27H22F2N4O2. The van der Waals surface area contributed by atoms with Crippen molar-refractivity contribution in [2.75, 3.05) is 31.1 Å². The number of nitrogens with zero attached hydrogens (tertiary/aromatic N) is 4. The van der Waals surface area contributed by atoms with E-state index in [9.17, 15) is 13.6 Å². The molecule has 0 N–H and O–H groups in total. The van der Waals surface area contributed by atoms with Crippen LogP contribution in [0.1, 0.15) is 10.4 Å². The fourth-order valence-electron chi connectivity index (χ4n) is 3.95. The first-order valence-corrected chi connectivity index (χ1v) is 11.2. The highest BCUT2D eigenvalue weighted by molar-refractivity contribution is 5.94. The second kappa shape index (κ2) is 9.89. The molecule has 0 unspecified atom stereocenters. The Hall–Kier alpha value is -4.33. The predicted octanol–water partition coefficient (Wildman–Crippen LogP) is 5.18. The molecule has 8 heteroatoms. The topological polar surface area (TPSA) is 58.6 Å². The van der Waals surface area contributed by atoms with Crippen molar-refractivity contribution in [3.05, 3.63) is 102 Å². The van der Waals surface area contributed by atoms with Gasteiger partial charge in [-0.25, -0.2) is 18.7 Å². The first-order valence-electron chi connectivity index (χ1n) is 11.2. The SMILES string of the molecule is O=C(c1cc(F)cc(F)c1)N1CCN(c2nccc(-c3ccc(Oc4ccccc4)cc3)n2)CC1. The van der Waals surface area contributed by atoms with E-state index in [2.05, 4.69) is 4.98 Å². The number of carbonyl (C=O) groups is 1. The second-order valence-electron chi connectivity index (χ2n) is 8.12. The van der Waals surface area contributed by atoms with Crippen molar-refractivity contribution in [1.29, 1.82) is 0 Å². The lowest BCUT2D eigenvalue weighted by Crippen LogP contribution is -2.49. The van der Waals surface area contributed by atoms with Crippen LogP contribution in [0.2, 0.25) is 0 Å². The zero-order valence-corrected chi connectivity index (χ0v) is 18.8. The van der Waals surface area contributed by atoms with Crippen LogP contribution in [0.25, 0.3) is 11.3 Å².